The smallest absolute Gasteiger partial charge is 0.251 e. The molecule has 7 nitrogen and oxygen atoms in total. The van der Waals surface area contributed by atoms with Crippen molar-refractivity contribution in [1.29, 1.82) is 0 Å². The van der Waals surface area contributed by atoms with Gasteiger partial charge < -0.3 is 21.7 Å². The van der Waals surface area contributed by atoms with Gasteiger partial charge in [-0.05, 0) is 25.1 Å². The highest BCUT2D eigenvalue weighted by atomic mass is 16.2. The number of hydrogen-bond acceptors (Lipinski definition) is 4. The van der Waals surface area contributed by atoms with E-state index in [0.29, 0.717) is 17.8 Å². The minimum atomic E-state index is -0.406. The minimum Gasteiger partial charge on any atom is -0.352 e. The molecular formula is C13H18N4O3. The van der Waals surface area contributed by atoms with E-state index in [1.54, 1.807) is 24.3 Å². The first-order valence-corrected chi connectivity index (χ1v) is 6.21. The van der Waals surface area contributed by atoms with Gasteiger partial charge in [-0.15, -0.1) is 0 Å². The van der Waals surface area contributed by atoms with E-state index in [0.717, 1.165) is 0 Å². The molecule has 0 saturated heterocycles. The highest BCUT2D eigenvalue weighted by molar-refractivity contribution is 5.98. The molecule has 20 heavy (non-hydrogen) atoms. The van der Waals surface area contributed by atoms with E-state index in [1.165, 1.54) is 0 Å². The molecule has 108 valence electrons. The van der Waals surface area contributed by atoms with Crippen LogP contribution in [0.5, 0.6) is 0 Å². The maximum Gasteiger partial charge on any atom is 0.251 e. The van der Waals surface area contributed by atoms with E-state index in [1.807, 2.05) is 6.92 Å². The van der Waals surface area contributed by atoms with Gasteiger partial charge in [0.2, 0.25) is 11.8 Å². The Bertz CT molecular complexity index is 502. The number of nitrogens with two attached hydrogens (primary N) is 1. The molecule has 0 fully saturated rings. The summed E-state index contributed by atoms with van der Waals surface area (Å²) in [5, 5.41) is 7.61. The lowest BCUT2D eigenvalue weighted by Gasteiger charge is -2.08. The lowest BCUT2D eigenvalue weighted by Crippen LogP contribution is -2.36. The summed E-state index contributed by atoms with van der Waals surface area (Å²) < 4.78 is 0. The third-order valence-electron chi connectivity index (χ3n) is 2.38. The van der Waals surface area contributed by atoms with Crippen LogP contribution in [-0.2, 0) is 9.59 Å². The van der Waals surface area contributed by atoms with Crippen LogP contribution in [0.3, 0.4) is 0 Å². The highest BCUT2D eigenvalue weighted by Crippen LogP contribution is 2.10. The molecule has 0 aliphatic heterocycles. The van der Waals surface area contributed by atoms with Crippen molar-refractivity contribution in [2.24, 2.45) is 5.73 Å². The van der Waals surface area contributed by atoms with Gasteiger partial charge in [0.1, 0.15) is 0 Å². The Hall–Kier alpha value is -2.41. The van der Waals surface area contributed by atoms with Crippen molar-refractivity contribution in [3.05, 3.63) is 29.8 Å². The fourth-order valence-corrected chi connectivity index (χ4v) is 1.46. The first-order chi connectivity index (χ1) is 9.56. The van der Waals surface area contributed by atoms with Gasteiger partial charge in [0, 0.05) is 17.8 Å². The first kappa shape index (κ1) is 15.6. The number of carbonyl (C=O) groups is 3. The Balaban J connectivity index is 2.59. The number of hydrogen-bond donors (Lipinski definition) is 4. The predicted molar refractivity (Wildman–Crippen MR) is 75.1 cm³/mol. The summed E-state index contributed by atoms with van der Waals surface area (Å²) in [5.41, 5.74) is 6.05. The number of anilines is 1. The molecule has 7 heteroatoms. The topological polar surface area (TPSA) is 113 Å². The Morgan fingerprint density at radius 2 is 1.90 bits per heavy atom. The molecule has 0 aromatic heterocycles. The van der Waals surface area contributed by atoms with Crippen molar-refractivity contribution >= 4 is 23.4 Å². The number of rotatable bonds is 6. The standard InChI is InChI=1S/C13H18N4O3/c1-2-15-13(20)9-4-3-5-10(6-9)17-12(19)8-16-11(18)7-14/h3-6H,2,7-8,14H2,1H3,(H,15,20)(H,16,18)(H,17,19). The van der Waals surface area contributed by atoms with Crippen LogP contribution in [0.4, 0.5) is 5.69 Å². The molecule has 0 spiro atoms. The van der Waals surface area contributed by atoms with Crippen molar-refractivity contribution in [2.45, 2.75) is 6.92 Å². The molecule has 0 radical (unpaired) electrons. The van der Waals surface area contributed by atoms with Crippen LogP contribution in [0.15, 0.2) is 24.3 Å². The number of nitrogens with one attached hydrogen (secondary N) is 3. The van der Waals surface area contributed by atoms with Crippen molar-refractivity contribution < 1.29 is 14.4 Å². The normalized spacial score (nSPS) is 9.70. The monoisotopic (exact) mass is 278 g/mol. The van der Waals surface area contributed by atoms with Crippen molar-refractivity contribution in [1.82, 2.24) is 10.6 Å². The van der Waals surface area contributed by atoms with Crippen LogP contribution in [-0.4, -0.2) is 37.4 Å². The lowest BCUT2D eigenvalue weighted by molar-refractivity contribution is -0.123. The van der Waals surface area contributed by atoms with Crippen molar-refractivity contribution in [2.75, 3.05) is 25.0 Å². The molecular weight excluding hydrogens is 260 g/mol. The maximum absolute atomic E-state index is 11.6. The Morgan fingerprint density at radius 1 is 1.15 bits per heavy atom. The lowest BCUT2D eigenvalue weighted by atomic mass is 10.2. The average Bonchev–Trinajstić information content (AvgIpc) is 2.45. The fraction of sp³-hybridized carbons (Fsp3) is 0.308. The van der Waals surface area contributed by atoms with Gasteiger partial charge in [-0.2, -0.15) is 0 Å². The van der Waals surface area contributed by atoms with Gasteiger partial charge in [0.05, 0.1) is 13.1 Å². The second-order valence-corrected chi connectivity index (χ2v) is 3.97. The zero-order chi connectivity index (χ0) is 15.0. The second kappa shape index (κ2) is 7.90. The zero-order valence-corrected chi connectivity index (χ0v) is 11.2. The maximum atomic E-state index is 11.6. The fourth-order valence-electron chi connectivity index (χ4n) is 1.46. The molecule has 0 aliphatic rings. The quantitative estimate of drug-likeness (QED) is 0.559. The molecule has 1 aromatic carbocycles. The van der Waals surface area contributed by atoms with E-state index in [2.05, 4.69) is 16.0 Å². The zero-order valence-electron chi connectivity index (χ0n) is 11.2. The number of amides is 3. The molecule has 1 rings (SSSR count). The third-order valence-corrected chi connectivity index (χ3v) is 2.38. The van der Waals surface area contributed by atoms with E-state index in [4.69, 9.17) is 5.73 Å². The third kappa shape index (κ3) is 5.07. The van der Waals surface area contributed by atoms with Crippen molar-refractivity contribution in [3.63, 3.8) is 0 Å². The second-order valence-electron chi connectivity index (χ2n) is 3.97. The SMILES string of the molecule is CCNC(=O)c1cccc(NC(=O)CNC(=O)CN)c1. The summed E-state index contributed by atoms with van der Waals surface area (Å²) in [6, 6.07) is 6.54. The van der Waals surface area contributed by atoms with Crippen LogP contribution in [0.1, 0.15) is 17.3 Å². The summed E-state index contributed by atoms with van der Waals surface area (Å²) in [7, 11) is 0. The predicted octanol–water partition coefficient (Wildman–Crippen LogP) is -0.550. The number of benzene rings is 1. The Labute approximate surface area is 116 Å². The van der Waals surface area contributed by atoms with E-state index >= 15 is 0 Å². The highest BCUT2D eigenvalue weighted by Gasteiger charge is 2.07. The molecule has 1 aromatic rings. The molecule has 0 unspecified atom stereocenters. The molecule has 5 N–H and O–H groups in total. The van der Waals surface area contributed by atoms with Gasteiger partial charge >= 0.3 is 0 Å². The molecule has 0 saturated carbocycles. The van der Waals surface area contributed by atoms with Crippen molar-refractivity contribution in [3.8, 4) is 0 Å². The van der Waals surface area contributed by atoms with Gasteiger partial charge in [-0.3, -0.25) is 14.4 Å². The van der Waals surface area contributed by atoms with Gasteiger partial charge in [-0.25, -0.2) is 0 Å². The molecule has 0 bridgehead atoms. The van der Waals surface area contributed by atoms with E-state index in [9.17, 15) is 14.4 Å². The summed E-state index contributed by atoms with van der Waals surface area (Å²) in [4.78, 5) is 34.1. The minimum absolute atomic E-state index is 0.165. The molecule has 3 amide bonds. The van der Waals surface area contributed by atoms with Gasteiger partial charge in [-0.1, -0.05) is 6.07 Å². The van der Waals surface area contributed by atoms with Gasteiger partial charge in [0.25, 0.3) is 5.91 Å². The van der Waals surface area contributed by atoms with Crippen LogP contribution >= 0.6 is 0 Å². The summed E-state index contributed by atoms with van der Waals surface area (Å²) in [6.07, 6.45) is 0. The van der Waals surface area contributed by atoms with Gasteiger partial charge in [0.15, 0.2) is 0 Å². The Kier molecular flexibility index (Phi) is 6.18. The van der Waals surface area contributed by atoms with E-state index in [-0.39, 0.29) is 24.9 Å². The Morgan fingerprint density at radius 3 is 2.55 bits per heavy atom. The van der Waals surface area contributed by atoms with Crippen LogP contribution in [0.2, 0.25) is 0 Å². The van der Waals surface area contributed by atoms with Crippen LogP contribution < -0.4 is 21.7 Å². The largest absolute Gasteiger partial charge is 0.352 e. The summed E-state index contributed by atoms with van der Waals surface area (Å²) in [5.74, 6) is -1.00. The average molecular weight is 278 g/mol. The van der Waals surface area contributed by atoms with Crippen LogP contribution in [0.25, 0.3) is 0 Å². The molecule has 0 aliphatic carbocycles. The van der Waals surface area contributed by atoms with E-state index < -0.39 is 5.91 Å². The molecule has 0 atom stereocenters. The molecule has 0 heterocycles. The summed E-state index contributed by atoms with van der Waals surface area (Å²) >= 11 is 0. The first-order valence-electron chi connectivity index (χ1n) is 6.21. The summed E-state index contributed by atoms with van der Waals surface area (Å²) in [6.45, 7) is 2.02. The number of carbonyl (C=O) groups excluding carboxylic acids is 3. The van der Waals surface area contributed by atoms with Crippen LogP contribution in [0, 0.1) is 0 Å².